The second kappa shape index (κ2) is 13.2. The number of rotatable bonds is 6. The van der Waals surface area contributed by atoms with E-state index in [2.05, 4.69) is 182 Å². The highest BCUT2D eigenvalue weighted by Gasteiger charge is 2.28. The smallest absolute Gasteiger partial charge is 0.292 e. The van der Waals surface area contributed by atoms with Crippen LogP contribution in [0, 0.1) is 0 Å². The van der Waals surface area contributed by atoms with Crippen molar-refractivity contribution in [3.8, 4) is 51.5 Å². The number of aromatic nitrogens is 7. The molecule has 0 aliphatic heterocycles. The summed E-state index contributed by atoms with van der Waals surface area (Å²) < 4.78 is 6.99. The fraction of sp³-hybridized carbons (Fsp3) is 0. The SMILES string of the molecule is c1ccc(-c2nc(-c3ccccc3)nc(-n3c4cc5c(cc4c4ccc6c7ccccc7n(-c7ccccc7)c6c43)[nH]c(-c3ccccc3)[n+]5-c3ccccc3)n2)cc1. The molecule has 4 heterocycles. The molecule has 0 radical (unpaired) electrons. The van der Waals surface area contributed by atoms with Gasteiger partial charge < -0.3 is 4.57 Å². The first-order valence-electron chi connectivity index (χ1n) is 19.8. The molecule has 12 aromatic rings. The Balaban J connectivity index is 1.29. The summed E-state index contributed by atoms with van der Waals surface area (Å²) in [6.45, 7) is 0. The lowest BCUT2D eigenvalue weighted by Gasteiger charge is -2.13. The Bertz CT molecular complexity index is 3460. The Morgan fingerprint density at radius 2 is 0.932 bits per heavy atom. The van der Waals surface area contributed by atoms with Crippen molar-refractivity contribution in [3.05, 3.63) is 200 Å². The average Bonchev–Trinajstić information content (AvgIpc) is 3.97. The molecule has 59 heavy (non-hydrogen) atoms. The molecule has 0 fully saturated rings. The number of aromatic amines is 1. The minimum Gasteiger partial charge on any atom is -0.307 e. The Kier molecular flexibility index (Phi) is 7.40. The zero-order chi connectivity index (χ0) is 38.9. The molecule has 7 heteroatoms. The van der Waals surface area contributed by atoms with Gasteiger partial charge in [-0.05, 0) is 48.5 Å². The number of para-hydroxylation sites is 3. The van der Waals surface area contributed by atoms with Crippen molar-refractivity contribution in [2.24, 2.45) is 0 Å². The fourth-order valence-electron chi connectivity index (χ4n) is 8.76. The molecule has 0 atom stereocenters. The summed E-state index contributed by atoms with van der Waals surface area (Å²) in [5.74, 6) is 2.75. The van der Waals surface area contributed by atoms with Gasteiger partial charge in [0.25, 0.3) is 5.82 Å². The van der Waals surface area contributed by atoms with Gasteiger partial charge in [0, 0.05) is 44.4 Å². The lowest BCUT2D eigenvalue weighted by Crippen LogP contribution is -2.31. The second-order valence-corrected chi connectivity index (χ2v) is 14.8. The van der Waals surface area contributed by atoms with Crippen molar-refractivity contribution in [3.63, 3.8) is 0 Å². The molecule has 1 N–H and O–H groups in total. The van der Waals surface area contributed by atoms with E-state index in [4.69, 9.17) is 15.0 Å². The Hall–Kier alpha value is -8.16. The summed E-state index contributed by atoms with van der Waals surface area (Å²) >= 11 is 0. The maximum Gasteiger partial charge on any atom is 0.292 e. The van der Waals surface area contributed by atoms with E-state index in [1.54, 1.807) is 0 Å². The van der Waals surface area contributed by atoms with Crippen LogP contribution >= 0.6 is 0 Å². The maximum atomic E-state index is 5.37. The average molecular weight is 757 g/mol. The highest BCUT2D eigenvalue weighted by molar-refractivity contribution is 6.24. The molecule has 0 aliphatic carbocycles. The quantitative estimate of drug-likeness (QED) is 0.172. The van der Waals surface area contributed by atoms with Gasteiger partial charge in [0.15, 0.2) is 22.7 Å². The Morgan fingerprint density at radius 3 is 1.58 bits per heavy atom. The molecule has 0 aliphatic rings. The summed E-state index contributed by atoms with van der Waals surface area (Å²) in [7, 11) is 0. The van der Waals surface area contributed by atoms with Crippen LogP contribution < -0.4 is 4.57 Å². The van der Waals surface area contributed by atoms with Crippen molar-refractivity contribution in [1.82, 2.24) is 29.1 Å². The largest absolute Gasteiger partial charge is 0.307 e. The Labute approximate surface area is 338 Å². The van der Waals surface area contributed by atoms with Crippen LogP contribution in [-0.2, 0) is 0 Å². The number of hydrogen-bond donors (Lipinski definition) is 1. The van der Waals surface area contributed by atoms with E-state index < -0.39 is 0 Å². The van der Waals surface area contributed by atoms with Crippen LogP contribution in [0.1, 0.15) is 0 Å². The van der Waals surface area contributed by atoms with E-state index in [0.717, 1.165) is 83.1 Å². The van der Waals surface area contributed by atoms with Crippen LogP contribution in [0.4, 0.5) is 0 Å². The lowest BCUT2D eigenvalue weighted by molar-refractivity contribution is -0.554. The van der Waals surface area contributed by atoms with Crippen LogP contribution in [-0.4, -0.2) is 29.1 Å². The number of fused-ring (bicyclic) bond motifs is 8. The fourth-order valence-corrected chi connectivity index (χ4v) is 8.76. The first-order chi connectivity index (χ1) is 29.3. The number of nitrogens with one attached hydrogen (secondary N) is 1. The van der Waals surface area contributed by atoms with Gasteiger partial charge in [-0.2, -0.15) is 14.5 Å². The minimum absolute atomic E-state index is 0.541. The summed E-state index contributed by atoms with van der Waals surface area (Å²) in [6.07, 6.45) is 0. The van der Waals surface area contributed by atoms with Gasteiger partial charge in [-0.25, -0.2) is 9.97 Å². The summed E-state index contributed by atoms with van der Waals surface area (Å²) in [5, 5.41) is 4.51. The van der Waals surface area contributed by atoms with Gasteiger partial charge in [0.05, 0.1) is 27.6 Å². The van der Waals surface area contributed by atoms with E-state index in [1.807, 2.05) is 36.4 Å². The number of imidazole rings is 1. The van der Waals surface area contributed by atoms with Crippen molar-refractivity contribution < 1.29 is 4.57 Å². The molecule has 8 aromatic carbocycles. The number of hydrogen-bond acceptors (Lipinski definition) is 3. The van der Waals surface area contributed by atoms with E-state index in [0.29, 0.717) is 17.6 Å². The van der Waals surface area contributed by atoms with Gasteiger partial charge in [-0.3, -0.25) is 4.57 Å². The predicted molar refractivity (Wildman–Crippen MR) is 238 cm³/mol. The topological polar surface area (TPSA) is 68.2 Å². The molecule has 0 saturated heterocycles. The molecule has 4 aromatic heterocycles. The highest BCUT2D eigenvalue weighted by atomic mass is 15.2. The molecule has 0 spiro atoms. The predicted octanol–water partition coefficient (Wildman–Crippen LogP) is 11.8. The van der Waals surface area contributed by atoms with Crippen molar-refractivity contribution in [2.75, 3.05) is 0 Å². The summed E-state index contributed by atoms with van der Waals surface area (Å²) in [4.78, 5) is 19.7. The zero-order valence-corrected chi connectivity index (χ0v) is 31.7. The first-order valence-corrected chi connectivity index (χ1v) is 19.8. The summed E-state index contributed by atoms with van der Waals surface area (Å²) in [5.41, 5.74) is 11.3. The maximum absolute atomic E-state index is 5.37. The van der Waals surface area contributed by atoms with Crippen molar-refractivity contribution >= 4 is 54.6 Å². The van der Waals surface area contributed by atoms with E-state index >= 15 is 0 Å². The monoisotopic (exact) mass is 756 g/mol. The van der Waals surface area contributed by atoms with Gasteiger partial charge >= 0.3 is 0 Å². The minimum atomic E-state index is 0.541. The van der Waals surface area contributed by atoms with Gasteiger partial charge in [-0.1, -0.05) is 146 Å². The van der Waals surface area contributed by atoms with E-state index in [1.165, 1.54) is 5.39 Å². The molecule has 276 valence electrons. The van der Waals surface area contributed by atoms with Gasteiger partial charge in [0.1, 0.15) is 5.69 Å². The number of H-pyrrole nitrogens is 1. The van der Waals surface area contributed by atoms with Crippen molar-refractivity contribution in [2.45, 2.75) is 0 Å². The normalized spacial score (nSPS) is 11.7. The standard InChI is InChI=1S/C52H33N7/c1-6-18-34(19-7-1)49-54-50(35-20-8-2-9-21-35)56-52(55-49)59-45-33-46-43(53-51(36-22-10-3-11-23-36)58(46)38-26-14-5-15-27-38)32-42(45)41-31-30-40-39-28-16-17-29-44(39)57(47(40)48(41)59)37-24-12-4-13-25-37/h1-33H/p+1. The van der Waals surface area contributed by atoms with Crippen LogP contribution in [0.2, 0.25) is 0 Å². The third-order valence-corrected chi connectivity index (χ3v) is 11.4. The first kappa shape index (κ1) is 33.0. The third kappa shape index (κ3) is 5.22. The molecule has 0 unspecified atom stereocenters. The lowest BCUT2D eigenvalue weighted by atomic mass is 10.1. The molecular weight excluding hydrogens is 723 g/mol. The Morgan fingerprint density at radius 1 is 0.407 bits per heavy atom. The van der Waals surface area contributed by atoms with Gasteiger partial charge in [-0.15, -0.1) is 0 Å². The second-order valence-electron chi connectivity index (χ2n) is 14.8. The van der Waals surface area contributed by atoms with Crippen LogP contribution in [0.3, 0.4) is 0 Å². The van der Waals surface area contributed by atoms with E-state index in [-0.39, 0.29) is 0 Å². The summed E-state index contributed by atoms with van der Waals surface area (Å²) in [6, 6.07) is 69.9. The third-order valence-electron chi connectivity index (χ3n) is 11.4. The number of benzene rings is 8. The molecule has 0 amide bonds. The van der Waals surface area contributed by atoms with Crippen LogP contribution in [0.5, 0.6) is 0 Å². The molecule has 7 nitrogen and oxygen atoms in total. The molecule has 12 rings (SSSR count). The molecule has 0 bridgehead atoms. The molecule has 0 saturated carbocycles. The van der Waals surface area contributed by atoms with Gasteiger partial charge in [0.2, 0.25) is 5.95 Å². The van der Waals surface area contributed by atoms with Crippen LogP contribution in [0.15, 0.2) is 200 Å². The highest BCUT2D eigenvalue weighted by Crippen LogP contribution is 2.42. The number of nitrogens with zero attached hydrogens (tertiary/aromatic N) is 6. The molecular formula is C52H34N7+. The van der Waals surface area contributed by atoms with E-state index in [9.17, 15) is 0 Å². The van der Waals surface area contributed by atoms with Crippen molar-refractivity contribution in [1.29, 1.82) is 0 Å². The van der Waals surface area contributed by atoms with Crippen LogP contribution in [0.25, 0.3) is 106 Å². The zero-order valence-electron chi connectivity index (χ0n) is 31.7.